The van der Waals surface area contributed by atoms with Crippen molar-refractivity contribution in [1.82, 2.24) is 20.2 Å². The molecular formula is C11H15N5. The van der Waals surface area contributed by atoms with Gasteiger partial charge in [0.1, 0.15) is 0 Å². The summed E-state index contributed by atoms with van der Waals surface area (Å²) in [6.07, 6.45) is 6.17. The van der Waals surface area contributed by atoms with E-state index in [1.807, 2.05) is 36.1 Å². The summed E-state index contributed by atoms with van der Waals surface area (Å²) in [5.41, 5.74) is 5.01. The van der Waals surface area contributed by atoms with Crippen LogP contribution < -0.4 is 11.3 Å². The molecule has 1 unspecified atom stereocenters. The second kappa shape index (κ2) is 4.87. The van der Waals surface area contributed by atoms with Crippen molar-refractivity contribution in [3.8, 4) is 0 Å². The SMILES string of the molecule is Cn1nccc1C(Cc1cccnc1)NN. The summed E-state index contributed by atoms with van der Waals surface area (Å²) in [6, 6.07) is 5.97. The van der Waals surface area contributed by atoms with Crippen LogP contribution in [-0.2, 0) is 13.5 Å². The van der Waals surface area contributed by atoms with Crippen LogP contribution in [0.5, 0.6) is 0 Å². The average molecular weight is 217 g/mol. The van der Waals surface area contributed by atoms with Gasteiger partial charge in [0, 0.05) is 25.6 Å². The predicted octanol–water partition coefficient (Wildman–Crippen LogP) is 0.562. The number of nitrogens with two attached hydrogens (primary N) is 1. The van der Waals surface area contributed by atoms with Gasteiger partial charge in [-0.25, -0.2) is 0 Å². The van der Waals surface area contributed by atoms with Crippen molar-refractivity contribution in [3.63, 3.8) is 0 Å². The Balaban J connectivity index is 2.16. The van der Waals surface area contributed by atoms with Gasteiger partial charge in [0.05, 0.1) is 11.7 Å². The van der Waals surface area contributed by atoms with Crippen molar-refractivity contribution in [1.29, 1.82) is 0 Å². The number of aromatic nitrogens is 3. The Morgan fingerprint density at radius 2 is 2.31 bits per heavy atom. The fourth-order valence-corrected chi connectivity index (χ4v) is 1.73. The summed E-state index contributed by atoms with van der Waals surface area (Å²) >= 11 is 0. The largest absolute Gasteiger partial charge is 0.271 e. The van der Waals surface area contributed by atoms with Crippen LogP contribution in [0.4, 0.5) is 0 Å². The standard InChI is InChI=1S/C11H15N5/c1-16-11(4-6-14-16)10(15-12)7-9-3-2-5-13-8-9/h2-6,8,10,15H,7,12H2,1H3. The zero-order chi connectivity index (χ0) is 11.4. The number of nitrogens with one attached hydrogen (secondary N) is 1. The van der Waals surface area contributed by atoms with E-state index in [2.05, 4.69) is 15.5 Å². The maximum atomic E-state index is 5.57. The third-order valence-electron chi connectivity index (χ3n) is 2.58. The molecule has 5 heteroatoms. The summed E-state index contributed by atoms with van der Waals surface area (Å²) in [4.78, 5) is 4.08. The van der Waals surface area contributed by atoms with E-state index >= 15 is 0 Å². The first-order chi connectivity index (χ1) is 7.81. The lowest BCUT2D eigenvalue weighted by molar-refractivity contribution is 0.508. The van der Waals surface area contributed by atoms with E-state index < -0.39 is 0 Å². The molecule has 84 valence electrons. The lowest BCUT2D eigenvalue weighted by Gasteiger charge is -2.15. The molecule has 16 heavy (non-hydrogen) atoms. The first-order valence-corrected chi connectivity index (χ1v) is 5.14. The molecule has 2 aromatic heterocycles. The molecule has 2 aromatic rings. The van der Waals surface area contributed by atoms with Gasteiger partial charge in [-0.05, 0) is 24.1 Å². The molecule has 1 atom stereocenters. The van der Waals surface area contributed by atoms with Gasteiger partial charge < -0.3 is 0 Å². The number of nitrogens with zero attached hydrogens (tertiary/aromatic N) is 3. The summed E-state index contributed by atoms with van der Waals surface area (Å²) in [5.74, 6) is 5.57. The molecule has 0 aromatic carbocycles. The highest BCUT2D eigenvalue weighted by atomic mass is 15.3. The zero-order valence-corrected chi connectivity index (χ0v) is 9.17. The van der Waals surface area contributed by atoms with Crippen LogP contribution in [0.25, 0.3) is 0 Å². The van der Waals surface area contributed by atoms with E-state index in [1.165, 1.54) is 0 Å². The molecule has 2 heterocycles. The van der Waals surface area contributed by atoms with Gasteiger partial charge in [-0.1, -0.05) is 6.07 Å². The molecule has 0 aliphatic rings. The zero-order valence-electron chi connectivity index (χ0n) is 9.17. The second-order valence-corrected chi connectivity index (χ2v) is 3.66. The fourth-order valence-electron chi connectivity index (χ4n) is 1.73. The molecule has 0 spiro atoms. The third-order valence-corrected chi connectivity index (χ3v) is 2.58. The van der Waals surface area contributed by atoms with Crippen molar-refractivity contribution in [2.24, 2.45) is 12.9 Å². The van der Waals surface area contributed by atoms with Crippen molar-refractivity contribution in [2.45, 2.75) is 12.5 Å². The van der Waals surface area contributed by atoms with Gasteiger partial charge in [-0.15, -0.1) is 0 Å². The van der Waals surface area contributed by atoms with E-state index in [-0.39, 0.29) is 6.04 Å². The number of aryl methyl sites for hydroxylation is 1. The third kappa shape index (κ3) is 2.26. The molecule has 2 rings (SSSR count). The highest BCUT2D eigenvalue weighted by Gasteiger charge is 2.13. The van der Waals surface area contributed by atoms with Crippen LogP contribution in [-0.4, -0.2) is 14.8 Å². The molecule has 0 amide bonds. The Morgan fingerprint density at radius 3 is 2.88 bits per heavy atom. The van der Waals surface area contributed by atoms with Crippen molar-refractivity contribution >= 4 is 0 Å². The van der Waals surface area contributed by atoms with Gasteiger partial charge in [0.25, 0.3) is 0 Å². The van der Waals surface area contributed by atoms with Crippen LogP contribution in [0.1, 0.15) is 17.3 Å². The Kier molecular flexibility index (Phi) is 3.28. The van der Waals surface area contributed by atoms with Crippen LogP contribution in [0.3, 0.4) is 0 Å². The maximum absolute atomic E-state index is 5.57. The van der Waals surface area contributed by atoms with Crippen LogP contribution in [0.2, 0.25) is 0 Å². The van der Waals surface area contributed by atoms with E-state index in [1.54, 1.807) is 12.4 Å². The maximum Gasteiger partial charge on any atom is 0.0669 e. The minimum atomic E-state index is 0.0525. The van der Waals surface area contributed by atoms with Crippen LogP contribution in [0, 0.1) is 0 Å². The lowest BCUT2D eigenvalue weighted by atomic mass is 10.1. The first kappa shape index (κ1) is 10.8. The molecule has 0 radical (unpaired) electrons. The normalized spacial score (nSPS) is 12.6. The molecule has 0 fully saturated rings. The van der Waals surface area contributed by atoms with E-state index in [0.29, 0.717) is 0 Å². The summed E-state index contributed by atoms with van der Waals surface area (Å²) in [7, 11) is 1.91. The molecular weight excluding hydrogens is 202 g/mol. The topological polar surface area (TPSA) is 68.8 Å². The van der Waals surface area contributed by atoms with Crippen molar-refractivity contribution < 1.29 is 0 Å². The van der Waals surface area contributed by atoms with Gasteiger partial charge in [0.2, 0.25) is 0 Å². The van der Waals surface area contributed by atoms with Gasteiger partial charge >= 0.3 is 0 Å². The Hall–Kier alpha value is -1.72. The number of rotatable bonds is 4. The molecule has 0 aliphatic carbocycles. The Labute approximate surface area is 94.3 Å². The Morgan fingerprint density at radius 1 is 1.44 bits per heavy atom. The molecule has 0 saturated carbocycles. The van der Waals surface area contributed by atoms with E-state index in [9.17, 15) is 0 Å². The summed E-state index contributed by atoms with van der Waals surface area (Å²) in [5, 5.41) is 4.13. The minimum absolute atomic E-state index is 0.0525. The van der Waals surface area contributed by atoms with Gasteiger partial charge in [0.15, 0.2) is 0 Å². The molecule has 5 nitrogen and oxygen atoms in total. The summed E-state index contributed by atoms with van der Waals surface area (Å²) < 4.78 is 1.82. The monoisotopic (exact) mass is 217 g/mol. The second-order valence-electron chi connectivity index (χ2n) is 3.66. The predicted molar refractivity (Wildman–Crippen MR) is 61.2 cm³/mol. The number of hydrazine groups is 1. The number of hydrogen-bond acceptors (Lipinski definition) is 4. The van der Waals surface area contributed by atoms with Crippen molar-refractivity contribution in [2.75, 3.05) is 0 Å². The van der Waals surface area contributed by atoms with Crippen molar-refractivity contribution in [3.05, 3.63) is 48.0 Å². The lowest BCUT2D eigenvalue weighted by Crippen LogP contribution is -2.31. The van der Waals surface area contributed by atoms with Crippen LogP contribution in [0.15, 0.2) is 36.8 Å². The quantitative estimate of drug-likeness (QED) is 0.580. The Bertz CT molecular complexity index is 437. The minimum Gasteiger partial charge on any atom is -0.271 e. The number of pyridine rings is 1. The van der Waals surface area contributed by atoms with Crippen LogP contribution >= 0.6 is 0 Å². The number of hydrogen-bond donors (Lipinski definition) is 2. The molecule has 0 aliphatic heterocycles. The van der Waals surface area contributed by atoms with E-state index in [0.717, 1.165) is 17.7 Å². The van der Waals surface area contributed by atoms with Gasteiger partial charge in [-0.3, -0.25) is 20.9 Å². The average Bonchev–Trinajstić information content (AvgIpc) is 2.74. The highest BCUT2D eigenvalue weighted by molar-refractivity contribution is 5.15. The van der Waals surface area contributed by atoms with E-state index in [4.69, 9.17) is 5.84 Å². The summed E-state index contributed by atoms with van der Waals surface area (Å²) in [6.45, 7) is 0. The smallest absolute Gasteiger partial charge is 0.0669 e. The molecule has 0 bridgehead atoms. The fraction of sp³-hybridized carbons (Fsp3) is 0.273. The van der Waals surface area contributed by atoms with Gasteiger partial charge in [-0.2, -0.15) is 5.10 Å². The highest BCUT2D eigenvalue weighted by Crippen LogP contribution is 2.15. The molecule has 3 N–H and O–H groups in total. The first-order valence-electron chi connectivity index (χ1n) is 5.14. The molecule has 0 saturated heterocycles.